The van der Waals surface area contributed by atoms with Crippen molar-refractivity contribution >= 4 is 5.69 Å². The van der Waals surface area contributed by atoms with Crippen LogP contribution in [0.2, 0.25) is 0 Å². The first-order valence-electron chi connectivity index (χ1n) is 6.72. The molecular formula is C16H16F2N2. The van der Waals surface area contributed by atoms with E-state index in [2.05, 4.69) is 17.4 Å². The lowest BCUT2D eigenvalue weighted by molar-refractivity contribution is 0.465. The van der Waals surface area contributed by atoms with Gasteiger partial charge in [-0.1, -0.05) is 30.3 Å². The Balaban J connectivity index is 1.81. The van der Waals surface area contributed by atoms with Crippen LogP contribution < -0.4 is 10.2 Å². The van der Waals surface area contributed by atoms with Crippen LogP contribution in [0.1, 0.15) is 11.6 Å². The maximum absolute atomic E-state index is 13.9. The molecule has 1 N–H and O–H groups in total. The van der Waals surface area contributed by atoms with E-state index in [0.717, 1.165) is 12.6 Å². The van der Waals surface area contributed by atoms with Crippen molar-refractivity contribution in [2.45, 2.75) is 6.04 Å². The Morgan fingerprint density at radius 2 is 1.85 bits per heavy atom. The van der Waals surface area contributed by atoms with Crippen molar-refractivity contribution in [3.8, 4) is 0 Å². The molecule has 1 saturated heterocycles. The number of nitrogens with zero attached hydrogens (tertiary/aromatic N) is 1. The van der Waals surface area contributed by atoms with Gasteiger partial charge in [0.2, 0.25) is 0 Å². The number of hydrogen-bond acceptors (Lipinski definition) is 2. The van der Waals surface area contributed by atoms with Crippen LogP contribution in [0.3, 0.4) is 0 Å². The lowest BCUT2D eigenvalue weighted by atomic mass is 10.0. The molecule has 104 valence electrons. The second-order valence-electron chi connectivity index (χ2n) is 4.96. The first-order valence-corrected chi connectivity index (χ1v) is 6.72. The number of nitrogens with one attached hydrogen (secondary N) is 1. The zero-order valence-corrected chi connectivity index (χ0v) is 11.0. The molecule has 0 spiro atoms. The van der Waals surface area contributed by atoms with Gasteiger partial charge < -0.3 is 10.2 Å². The summed E-state index contributed by atoms with van der Waals surface area (Å²) in [7, 11) is 0. The lowest BCUT2D eigenvalue weighted by Gasteiger charge is -2.35. The zero-order valence-electron chi connectivity index (χ0n) is 11.0. The molecule has 20 heavy (non-hydrogen) atoms. The summed E-state index contributed by atoms with van der Waals surface area (Å²) in [6.45, 7) is 2.16. The van der Waals surface area contributed by atoms with Gasteiger partial charge in [-0.05, 0) is 17.7 Å². The Labute approximate surface area is 117 Å². The summed E-state index contributed by atoms with van der Waals surface area (Å²) in [5, 5.41) is 3.43. The van der Waals surface area contributed by atoms with Gasteiger partial charge in [-0.15, -0.1) is 0 Å². The summed E-state index contributed by atoms with van der Waals surface area (Å²) < 4.78 is 26.8. The second kappa shape index (κ2) is 5.59. The molecule has 0 amide bonds. The van der Waals surface area contributed by atoms with Crippen molar-refractivity contribution in [1.82, 2.24) is 5.32 Å². The number of piperazine rings is 1. The maximum atomic E-state index is 13.9. The normalized spacial score (nSPS) is 19.1. The highest BCUT2D eigenvalue weighted by molar-refractivity contribution is 5.49. The number of halogens is 2. The Bertz CT molecular complexity index is 586. The largest absolute Gasteiger partial charge is 0.366 e. The smallest absolute Gasteiger partial charge is 0.149 e. The minimum absolute atomic E-state index is 0.161. The minimum Gasteiger partial charge on any atom is -0.366 e. The third kappa shape index (κ3) is 2.65. The van der Waals surface area contributed by atoms with Crippen molar-refractivity contribution in [2.24, 2.45) is 0 Å². The average Bonchev–Trinajstić information content (AvgIpc) is 2.48. The Hall–Kier alpha value is -1.94. The van der Waals surface area contributed by atoms with Gasteiger partial charge in [-0.3, -0.25) is 0 Å². The molecule has 3 rings (SSSR count). The third-order valence-electron chi connectivity index (χ3n) is 3.63. The van der Waals surface area contributed by atoms with Crippen molar-refractivity contribution < 1.29 is 8.78 Å². The molecule has 1 atom stereocenters. The quantitative estimate of drug-likeness (QED) is 0.905. The maximum Gasteiger partial charge on any atom is 0.149 e. The van der Waals surface area contributed by atoms with Crippen molar-refractivity contribution in [3.63, 3.8) is 0 Å². The van der Waals surface area contributed by atoms with Crippen LogP contribution in [0.5, 0.6) is 0 Å². The van der Waals surface area contributed by atoms with Crippen LogP contribution in [0.25, 0.3) is 0 Å². The molecule has 2 aromatic rings. The van der Waals surface area contributed by atoms with Crippen LogP contribution in [0.15, 0.2) is 48.5 Å². The standard InChI is InChI=1S/C16H16F2N2/c17-13-6-7-16(14(18)10-13)20-9-8-19-15(11-20)12-4-2-1-3-5-12/h1-7,10,15,19H,8-9,11H2. The molecule has 0 saturated carbocycles. The number of anilines is 1. The van der Waals surface area contributed by atoms with Crippen LogP contribution >= 0.6 is 0 Å². The molecule has 1 aliphatic rings. The van der Waals surface area contributed by atoms with Gasteiger partial charge in [0.1, 0.15) is 11.6 Å². The van der Waals surface area contributed by atoms with Crippen LogP contribution in [-0.4, -0.2) is 19.6 Å². The fraction of sp³-hybridized carbons (Fsp3) is 0.250. The molecule has 0 aliphatic carbocycles. The van der Waals surface area contributed by atoms with E-state index < -0.39 is 11.6 Å². The molecule has 1 aliphatic heterocycles. The van der Waals surface area contributed by atoms with Gasteiger partial charge in [0, 0.05) is 31.7 Å². The molecular weight excluding hydrogens is 258 g/mol. The lowest BCUT2D eigenvalue weighted by Crippen LogP contribution is -2.46. The van der Waals surface area contributed by atoms with E-state index in [4.69, 9.17) is 0 Å². The fourth-order valence-electron chi connectivity index (χ4n) is 2.62. The van der Waals surface area contributed by atoms with E-state index in [1.54, 1.807) is 0 Å². The minimum atomic E-state index is -0.541. The first-order chi connectivity index (χ1) is 9.74. The number of benzene rings is 2. The highest BCUT2D eigenvalue weighted by atomic mass is 19.1. The highest BCUT2D eigenvalue weighted by Gasteiger charge is 2.22. The zero-order chi connectivity index (χ0) is 13.9. The fourth-order valence-corrected chi connectivity index (χ4v) is 2.62. The summed E-state index contributed by atoms with van der Waals surface area (Å²) in [5.74, 6) is -1.04. The summed E-state index contributed by atoms with van der Waals surface area (Å²) in [6.07, 6.45) is 0. The van der Waals surface area contributed by atoms with Crippen molar-refractivity contribution in [3.05, 3.63) is 65.7 Å². The molecule has 2 nitrogen and oxygen atoms in total. The Morgan fingerprint density at radius 1 is 1.05 bits per heavy atom. The first kappa shape index (κ1) is 13.1. The van der Waals surface area contributed by atoms with Crippen LogP contribution in [0, 0.1) is 11.6 Å². The second-order valence-corrected chi connectivity index (χ2v) is 4.96. The van der Waals surface area contributed by atoms with E-state index in [0.29, 0.717) is 18.8 Å². The average molecular weight is 274 g/mol. The summed E-state index contributed by atoms with van der Waals surface area (Å²) in [4.78, 5) is 1.96. The molecule has 0 radical (unpaired) electrons. The molecule has 0 aromatic heterocycles. The molecule has 4 heteroatoms. The van der Waals surface area contributed by atoms with Crippen molar-refractivity contribution in [2.75, 3.05) is 24.5 Å². The van der Waals surface area contributed by atoms with Crippen LogP contribution in [0.4, 0.5) is 14.5 Å². The Kier molecular flexibility index (Phi) is 3.65. The molecule has 0 bridgehead atoms. The van der Waals surface area contributed by atoms with E-state index >= 15 is 0 Å². The van der Waals surface area contributed by atoms with Gasteiger partial charge in [0.05, 0.1) is 5.69 Å². The molecule has 1 fully saturated rings. The summed E-state index contributed by atoms with van der Waals surface area (Å²) >= 11 is 0. The van der Waals surface area contributed by atoms with E-state index in [1.807, 2.05) is 23.1 Å². The van der Waals surface area contributed by atoms with Crippen molar-refractivity contribution in [1.29, 1.82) is 0 Å². The molecule has 1 heterocycles. The topological polar surface area (TPSA) is 15.3 Å². The molecule has 1 unspecified atom stereocenters. The summed E-state index contributed by atoms with van der Waals surface area (Å²) in [5.41, 5.74) is 1.65. The van der Waals surface area contributed by atoms with E-state index in [-0.39, 0.29) is 6.04 Å². The van der Waals surface area contributed by atoms with E-state index in [1.165, 1.54) is 17.7 Å². The van der Waals surface area contributed by atoms with Gasteiger partial charge >= 0.3 is 0 Å². The van der Waals surface area contributed by atoms with Gasteiger partial charge in [0.15, 0.2) is 0 Å². The SMILES string of the molecule is Fc1ccc(N2CCNC(c3ccccc3)C2)c(F)c1. The molecule has 2 aromatic carbocycles. The Morgan fingerprint density at radius 3 is 2.60 bits per heavy atom. The van der Waals surface area contributed by atoms with Crippen LogP contribution in [-0.2, 0) is 0 Å². The predicted molar refractivity (Wildman–Crippen MR) is 75.8 cm³/mol. The monoisotopic (exact) mass is 274 g/mol. The van der Waals surface area contributed by atoms with Gasteiger partial charge in [-0.25, -0.2) is 8.78 Å². The predicted octanol–water partition coefficient (Wildman–Crippen LogP) is 3.12. The van der Waals surface area contributed by atoms with Gasteiger partial charge in [0.25, 0.3) is 0 Å². The third-order valence-corrected chi connectivity index (χ3v) is 3.63. The number of hydrogen-bond donors (Lipinski definition) is 1. The van der Waals surface area contributed by atoms with Gasteiger partial charge in [-0.2, -0.15) is 0 Å². The highest BCUT2D eigenvalue weighted by Crippen LogP contribution is 2.25. The van der Waals surface area contributed by atoms with E-state index in [9.17, 15) is 8.78 Å². The summed E-state index contributed by atoms with van der Waals surface area (Å²) in [6, 6.07) is 14.0. The number of rotatable bonds is 2.